The summed E-state index contributed by atoms with van der Waals surface area (Å²) in [6.07, 6.45) is 3.79. The fraction of sp³-hybridized carbons (Fsp3) is 0.125. The molecule has 2 rings (SSSR count). The van der Waals surface area contributed by atoms with Gasteiger partial charge < -0.3 is 9.14 Å². The minimum absolute atomic E-state index is 0.783. The summed E-state index contributed by atoms with van der Waals surface area (Å²) in [4.78, 5) is 4.27. The maximum Gasteiger partial charge on any atom is 0.156 e. The minimum Gasteiger partial charge on any atom is -0.495 e. The molecule has 0 bridgehead atoms. The number of ether oxygens (including phenoxy) is 1. The lowest BCUT2D eigenvalue weighted by atomic mass is 10.4. The molecular weight excluding hydrogens is 300 g/mol. The van der Waals surface area contributed by atoms with Crippen molar-refractivity contribution < 1.29 is 4.74 Å². The number of hydrogen-bond acceptors (Lipinski definition) is 2. The molecular formula is C8H6Br2N2O. The number of hydrogen-bond donors (Lipinski definition) is 0. The number of pyridine rings is 1. The van der Waals surface area contributed by atoms with Crippen LogP contribution in [0.15, 0.2) is 27.5 Å². The maximum absolute atomic E-state index is 5.15. The third-order valence-corrected chi connectivity index (χ3v) is 2.85. The molecule has 0 aliphatic rings. The van der Waals surface area contributed by atoms with Gasteiger partial charge in [-0.05, 0) is 37.9 Å². The van der Waals surface area contributed by atoms with Crippen LogP contribution in [0.25, 0.3) is 5.65 Å². The van der Waals surface area contributed by atoms with E-state index in [4.69, 9.17) is 4.74 Å². The standard InChI is InChI=1S/C8H6Br2N2O/c1-13-5-2-3-12-4-6(9)11-8(12)7(5)10/h2-4H,1H3. The highest BCUT2D eigenvalue weighted by atomic mass is 79.9. The van der Waals surface area contributed by atoms with E-state index in [0.29, 0.717) is 0 Å². The highest BCUT2D eigenvalue weighted by Gasteiger charge is 2.07. The summed E-state index contributed by atoms with van der Waals surface area (Å²) in [5.41, 5.74) is 0.839. The molecule has 2 aromatic heterocycles. The molecule has 0 fully saturated rings. The Hall–Kier alpha value is -0.550. The average Bonchev–Trinajstić information content (AvgIpc) is 2.47. The molecule has 0 aromatic carbocycles. The van der Waals surface area contributed by atoms with E-state index in [0.717, 1.165) is 20.5 Å². The third-order valence-electron chi connectivity index (χ3n) is 1.72. The van der Waals surface area contributed by atoms with E-state index in [1.165, 1.54) is 0 Å². The highest BCUT2D eigenvalue weighted by molar-refractivity contribution is 9.11. The first-order valence-electron chi connectivity index (χ1n) is 3.59. The van der Waals surface area contributed by atoms with Gasteiger partial charge in [-0.25, -0.2) is 4.98 Å². The van der Waals surface area contributed by atoms with Crippen LogP contribution < -0.4 is 4.74 Å². The second-order valence-corrected chi connectivity index (χ2v) is 4.10. The molecule has 2 heterocycles. The van der Waals surface area contributed by atoms with Gasteiger partial charge in [0.2, 0.25) is 0 Å². The van der Waals surface area contributed by atoms with E-state index < -0.39 is 0 Å². The van der Waals surface area contributed by atoms with Gasteiger partial charge in [0, 0.05) is 12.4 Å². The predicted molar refractivity (Wildman–Crippen MR) is 57.1 cm³/mol. The quantitative estimate of drug-likeness (QED) is 0.810. The fourth-order valence-corrected chi connectivity index (χ4v) is 2.10. The average molecular weight is 306 g/mol. The van der Waals surface area contributed by atoms with Crippen molar-refractivity contribution in [1.29, 1.82) is 0 Å². The zero-order valence-electron chi connectivity index (χ0n) is 6.79. The molecule has 0 atom stereocenters. The molecule has 68 valence electrons. The van der Waals surface area contributed by atoms with Crippen LogP contribution in [0.3, 0.4) is 0 Å². The van der Waals surface area contributed by atoms with E-state index in [9.17, 15) is 0 Å². The molecule has 3 nitrogen and oxygen atoms in total. The smallest absolute Gasteiger partial charge is 0.156 e. The van der Waals surface area contributed by atoms with Crippen LogP contribution in [0.4, 0.5) is 0 Å². The predicted octanol–water partition coefficient (Wildman–Crippen LogP) is 2.87. The van der Waals surface area contributed by atoms with Gasteiger partial charge in [0.1, 0.15) is 14.8 Å². The Morgan fingerprint density at radius 3 is 2.92 bits per heavy atom. The number of fused-ring (bicyclic) bond motifs is 1. The monoisotopic (exact) mass is 304 g/mol. The Balaban J connectivity index is 2.78. The first kappa shape index (κ1) is 9.02. The minimum atomic E-state index is 0.783. The van der Waals surface area contributed by atoms with Gasteiger partial charge in [-0.2, -0.15) is 0 Å². The summed E-state index contributed by atoms with van der Waals surface area (Å²) in [6.45, 7) is 0. The van der Waals surface area contributed by atoms with Crippen molar-refractivity contribution >= 4 is 37.5 Å². The zero-order chi connectivity index (χ0) is 9.42. The van der Waals surface area contributed by atoms with Crippen molar-refractivity contribution in [3.05, 3.63) is 27.5 Å². The van der Waals surface area contributed by atoms with Crippen molar-refractivity contribution in [2.45, 2.75) is 0 Å². The number of aromatic nitrogens is 2. The molecule has 0 saturated carbocycles. The SMILES string of the molecule is COc1ccn2cc(Br)nc2c1Br. The molecule has 13 heavy (non-hydrogen) atoms. The second kappa shape index (κ2) is 3.31. The summed E-state index contributed by atoms with van der Waals surface area (Å²) < 4.78 is 8.73. The van der Waals surface area contributed by atoms with Crippen LogP contribution in [0.1, 0.15) is 0 Å². The number of methoxy groups -OCH3 is 1. The summed E-state index contributed by atoms with van der Waals surface area (Å²) >= 11 is 6.74. The fourth-order valence-electron chi connectivity index (χ4n) is 1.13. The van der Waals surface area contributed by atoms with Gasteiger partial charge in [0.05, 0.1) is 7.11 Å². The van der Waals surface area contributed by atoms with Crippen LogP contribution in [-0.2, 0) is 0 Å². The Bertz CT molecular complexity index is 453. The van der Waals surface area contributed by atoms with Crippen LogP contribution >= 0.6 is 31.9 Å². The lowest BCUT2D eigenvalue weighted by Crippen LogP contribution is -1.89. The molecule has 0 unspecified atom stereocenters. The van der Waals surface area contributed by atoms with Crippen LogP contribution in [0, 0.1) is 0 Å². The van der Waals surface area contributed by atoms with Gasteiger partial charge >= 0.3 is 0 Å². The van der Waals surface area contributed by atoms with Crippen molar-refractivity contribution in [3.63, 3.8) is 0 Å². The van der Waals surface area contributed by atoms with Gasteiger partial charge in [-0.1, -0.05) is 0 Å². The lowest BCUT2D eigenvalue weighted by molar-refractivity contribution is 0.412. The van der Waals surface area contributed by atoms with Gasteiger partial charge in [0.15, 0.2) is 5.65 Å². The van der Waals surface area contributed by atoms with Gasteiger partial charge in [0.25, 0.3) is 0 Å². The topological polar surface area (TPSA) is 26.5 Å². The Morgan fingerprint density at radius 2 is 2.23 bits per heavy atom. The first-order chi connectivity index (χ1) is 6.22. The van der Waals surface area contributed by atoms with Crippen LogP contribution in [-0.4, -0.2) is 16.5 Å². The van der Waals surface area contributed by atoms with Crippen molar-refractivity contribution in [3.8, 4) is 5.75 Å². The number of nitrogens with zero attached hydrogens (tertiary/aromatic N) is 2. The number of halogens is 2. The molecule has 0 saturated heterocycles. The molecule has 0 radical (unpaired) electrons. The van der Waals surface area contributed by atoms with Gasteiger partial charge in [-0.3, -0.25) is 0 Å². The van der Waals surface area contributed by atoms with E-state index in [1.807, 2.05) is 22.9 Å². The largest absolute Gasteiger partial charge is 0.495 e. The molecule has 5 heteroatoms. The highest BCUT2D eigenvalue weighted by Crippen LogP contribution is 2.29. The van der Waals surface area contributed by atoms with E-state index in [1.54, 1.807) is 7.11 Å². The van der Waals surface area contributed by atoms with E-state index >= 15 is 0 Å². The molecule has 0 N–H and O–H groups in total. The molecule has 0 amide bonds. The van der Waals surface area contributed by atoms with Crippen molar-refractivity contribution in [2.75, 3.05) is 7.11 Å². The van der Waals surface area contributed by atoms with Crippen molar-refractivity contribution in [2.24, 2.45) is 0 Å². The summed E-state index contributed by atoms with van der Waals surface area (Å²) in [5.74, 6) is 0.783. The van der Waals surface area contributed by atoms with E-state index in [2.05, 4.69) is 36.8 Å². The summed E-state index contributed by atoms with van der Waals surface area (Å²) in [5, 5.41) is 0. The van der Waals surface area contributed by atoms with Crippen LogP contribution in [0.5, 0.6) is 5.75 Å². The Kier molecular flexibility index (Phi) is 2.29. The Morgan fingerprint density at radius 1 is 1.46 bits per heavy atom. The van der Waals surface area contributed by atoms with Crippen LogP contribution in [0.2, 0.25) is 0 Å². The number of imidazole rings is 1. The molecule has 0 spiro atoms. The van der Waals surface area contributed by atoms with Crippen molar-refractivity contribution in [1.82, 2.24) is 9.38 Å². The molecule has 2 aromatic rings. The normalized spacial score (nSPS) is 10.7. The zero-order valence-corrected chi connectivity index (χ0v) is 9.96. The molecule has 0 aliphatic carbocycles. The summed E-state index contributed by atoms with van der Waals surface area (Å²) in [6, 6.07) is 1.88. The Labute approximate surface area is 92.0 Å². The maximum atomic E-state index is 5.15. The second-order valence-electron chi connectivity index (χ2n) is 2.49. The first-order valence-corrected chi connectivity index (χ1v) is 5.17. The van der Waals surface area contributed by atoms with E-state index in [-0.39, 0.29) is 0 Å². The van der Waals surface area contributed by atoms with Gasteiger partial charge in [-0.15, -0.1) is 0 Å². The molecule has 0 aliphatic heterocycles. The lowest BCUT2D eigenvalue weighted by Gasteiger charge is -2.03. The third kappa shape index (κ3) is 1.46. The summed E-state index contributed by atoms with van der Waals surface area (Å²) in [7, 11) is 1.63. The number of rotatable bonds is 1.